The molecular formula is C18H24. The smallest absolute Gasteiger partial charge is 0.0227 e. The zero-order valence-electron chi connectivity index (χ0n) is 12.0. The number of hydrogen-bond donors (Lipinski definition) is 0. The lowest BCUT2D eigenvalue weighted by Crippen LogP contribution is -1.79. The van der Waals surface area contributed by atoms with Gasteiger partial charge in [-0.2, -0.15) is 0 Å². The summed E-state index contributed by atoms with van der Waals surface area (Å²) in [5, 5.41) is 0. The van der Waals surface area contributed by atoms with E-state index in [1.165, 1.54) is 22.3 Å². The molecule has 0 unspecified atom stereocenters. The summed E-state index contributed by atoms with van der Waals surface area (Å²) in [6, 6.07) is 10.5. The van der Waals surface area contributed by atoms with Crippen molar-refractivity contribution in [3.05, 3.63) is 65.3 Å². The van der Waals surface area contributed by atoms with E-state index in [0.717, 1.165) is 12.8 Å². The first-order valence-corrected chi connectivity index (χ1v) is 6.62. The van der Waals surface area contributed by atoms with Crippen LogP contribution in [0.15, 0.2) is 59.7 Å². The Kier molecular flexibility index (Phi) is 6.21. The fourth-order valence-corrected chi connectivity index (χ4v) is 1.74. The molecule has 0 aliphatic rings. The summed E-state index contributed by atoms with van der Waals surface area (Å²) in [7, 11) is 0. The number of benzene rings is 1. The number of rotatable bonds is 5. The molecule has 18 heavy (non-hydrogen) atoms. The van der Waals surface area contributed by atoms with Crippen molar-refractivity contribution in [1.82, 2.24) is 0 Å². The van der Waals surface area contributed by atoms with Gasteiger partial charge in [0.25, 0.3) is 0 Å². The minimum Gasteiger partial charge on any atom is -0.0856 e. The van der Waals surface area contributed by atoms with Crippen LogP contribution in [0.1, 0.15) is 46.1 Å². The third kappa shape index (κ3) is 5.67. The molecule has 0 spiro atoms. The second kappa shape index (κ2) is 7.71. The Morgan fingerprint density at radius 1 is 0.944 bits per heavy atom. The average Bonchev–Trinajstić information content (AvgIpc) is 2.36. The SMILES string of the molecule is CC(C)=CCC/C(C)=C/C=C(/C)c1ccccc1. The second-order valence-corrected chi connectivity index (χ2v) is 5.05. The maximum Gasteiger partial charge on any atom is -0.0227 e. The Morgan fingerprint density at radius 3 is 2.22 bits per heavy atom. The van der Waals surface area contributed by atoms with Gasteiger partial charge in [-0.05, 0) is 51.7 Å². The van der Waals surface area contributed by atoms with Crippen molar-refractivity contribution in [2.75, 3.05) is 0 Å². The molecule has 1 aromatic carbocycles. The van der Waals surface area contributed by atoms with E-state index in [2.05, 4.69) is 76.3 Å². The summed E-state index contributed by atoms with van der Waals surface area (Å²) in [5.41, 5.74) is 5.45. The van der Waals surface area contributed by atoms with Gasteiger partial charge in [0, 0.05) is 0 Å². The molecule has 1 aromatic rings. The van der Waals surface area contributed by atoms with Crippen LogP contribution in [0.2, 0.25) is 0 Å². The minimum atomic E-state index is 1.14. The summed E-state index contributed by atoms with van der Waals surface area (Å²) in [6.45, 7) is 8.67. The first kappa shape index (κ1) is 14.5. The summed E-state index contributed by atoms with van der Waals surface area (Å²) in [5.74, 6) is 0. The van der Waals surface area contributed by atoms with Crippen LogP contribution in [0.4, 0.5) is 0 Å². The predicted octanol–water partition coefficient (Wildman–Crippen LogP) is 5.78. The van der Waals surface area contributed by atoms with Gasteiger partial charge in [0.05, 0.1) is 0 Å². The van der Waals surface area contributed by atoms with Gasteiger partial charge < -0.3 is 0 Å². The van der Waals surface area contributed by atoms with Crippen molar-refractivity contribution in [3.8, 4) is 0 Å². The van der Waals surface area contributed by atoms with Crippen LogP contribution in [0.3, 0.4) is 0 Å². The quantitative estimate of drug-likeness (QED) is 0.452. The van der Waals surface area contributed by atoms with Crippen LogP contribution < -0.4 is 0 Å². The van der Waals surface area contributed by atoms with Gasteiger partial charge in [-0.1, -0.05) is 59.7 Å². The predicted molar refractivity (Wildman–Crippen MR) is 82.5 cm³/mol. The fraction of sp³-hybridized carbons (Fsp3) is 0.333. The van der Waals surface area contributed by atoms with Crippen molar-refractivity contribution in [2.24, 2.45) is 0 Å². The van der Waals surface area contributed by atoms with E-state index >= 15 is 0 Å². The van der Waals surface area contributed by atoms with Crippen molar-refractivity contribution in [2.45, 2.75) is 40.5 Å². The zero-order chi connectivity index (χ0) is 13.4. The van der Waals surface area contributed by atoms with E-state index in [4.69, 9.17) is 0 Å². The van der Waals surface area contributed by atoms with Gasteiger partial charge >= 0.3 is 0 Å². The fourth-order valence-electron chi connectivity index (χ4n) is 1.74. The third-order valence-corrected chi connectivity index (χ3v) is 2.94. The van der Waals surface area contributed by atoms with Crippen molar-refractivity contribution in [1.29, 1.82) is 0 Å². The average molecular weight is 240 g/mol. The summed E-state index contributed by atoms with van der Waals surface area (Å²) in [4.78, 5) is 0. The van der Waals surface area contributed by atoms with Crippen LogP contribution >= 0.6 is 0 Å². The third-order valence-electron chi connectivity index (χ3n) is 2.94. The molecule has 1 rings (SSSR count). The highest BCUT2D eigenvalue weighted by Gasteiger charge is 1.92. The Labute approximate surface area is 112 Å². The molecule has 0 nitrogen and oxygen atoms in total. The van der Waals surface area contributed by atoms with E-state index in [1.807, 2.05) is 0 Å². The Balaban J connectivity index is 2.59. The molecule has 0 atom stereocenters. The Hall–Kier alpha value is -1.56. The second-order valence-electron chi connectivity index (χ2n) is 5.05. The molecule has 0 heterocycles. The van der Waals surface area contributed by atoms with Crippen molar-refractivity contribution in [3.63, 3.8) is 0 Å². The Bertz CT molecular complexity index is 440. The maximum absolute atomic E-state index is 2.30. The van der Waals surface area contributed by atoms with E-state index < -0.39 is 0 Å². The summed E-state index contributed by atoms with van der Waals surface area (Å²) < 4.78 is 0. The monoisotopic (exact) mass is 240 g/mol. The lowest BCUT2D eigenvalue weighted by Gasteiger charge is -2.00. The molecule has 0 saturated carbocycles. The van der Waals surface area contributed by atoms with Crippen LogP contribution in [0.25, 0.3) is 5.57 Å². The molecule has 0 N–H and O–H groups in total. The van der Waals surface area contributed by atoms with Gasteiger partial charge in [0.1, 0.15) is 0 Å². The van der Waals surface area contributed by atoms with Gasteiger partial charge in [0.15, 0.2) is 0 Å². The van der Waals surface area contributed by atoms with Gasteiger partial charge in [-0.3, -0.25) is 0 Å². The van der Waals surface area contributed by atoms with E-state index in [-0.39, 0.29) is 0 Å². The molecule has 0 fully saturated rings. The first-order valence-electron chi connectivity index (χ1n) is 6.62. The molecule has 0 radical (unpaired) electrons. The highest BCUT2D eigenvalue weighted by molar-refractivity contribution is 5.65. The Morgan fingerprint density at radius 2 is 1.61 bits per heavy atom. The lowest BCUT2D eigenvalue weighted by molar-refractivity contribution is 0.967. The van der Waals surface area contributed by atoms with Crippen LogP contribution in [-0.4, -0.2) is 0 Å². The molecule has 96 valence electrons. The highest BCUT2D eigenvalue weighted by Crippen LogP contribution is 2.14. The lowest BCUT2D eigenvalue weighted by atomic mass is 10.1. The van der Waals surface area contributed by atoms with Crippen molar-refractivity contribution < 1.29 is 0 Å². The topological polar surface area (TPSA) is 0 Å². The van der Waals surface area contributed by atoms with Gasteiger partial charge in [0.2, 0.25) is 0 Å². The summed E-state index contributed by atoms with van der Waals surface area (Å²) in [6.07, 6.45) is 9.03. The molecule has 0 aromatic heterocycles. The van der Waals surface area contributed by atoms with Crippen molar-refractivity contribution >= 4 is 5.57 Å². The molecular weight excluding hydrogens is 216 g/mol. The van der Waals surface area contributed by atoms with Crippen LogP contribution in [-0.2, 0) is 0 Å². The van der Waals surface area contributed by atoms with Crippen LogP contribution in [0.5, 0.6) is 0 Å². The van der Waals surface area contributed by atoms with Crippen LogP contribution in [0, 0.1) is 0 Å². The first-order chi connectivity index (χ1) is 8.59. The molecule has 0 aliphatic carbocycles. The molecule has 0 amide bonds. The van der Waals surface area contributed by atoms with Gasteiger partial charge in [-0.25, -0.2) is 0 Å². The molecule has 0 bridgehead atoms. The van der Waals surface area contributed by atoms with Gasteiger partial charge in [-0.15, -0.1) is 0 Å². The number of allylic oxidation sites excluding steroid dienone is 6. The molecule has 0 heteroatoms. The highest BCUT2D eigenvalue weighted by atomic mass is 14.0. The zero-order valence-corrected chi connectivity index (χ0v) is 12.0. The standard InChI is InChI=1S/C18H24/c1-15(2)9-8-10-16(3)13-14-17(4)18-11-6-5-7-12-18/h5-7,9,11-14H,8,10H2,1-4H3/b16-13+,17-14-. The maximum atomic E-state index is 2.30. The molecule has 0 saturated heterocycles. The van der Waals surface area contributed by atoms with E-state index in [0.29, 0.717) is 0 Å². The summed E-state index contributed by atoms with van der Waals surface area (Å²) >= 11 is 0. The normalized spacial score (nSPS) is 12.4. The largest absolute Gasteiger partial charge is 0.0856 e. The van der Waals surface area contributed by atoms with E-state index in [1.54, 1.807) is 0 Å². The minimum absolute atomic E-state index is 1.14. The number of hydrogen-bond acceptors (Lipinski definition) is 0. The van der Waals surface area contributed by atoms with E-state index in [9.17, 15) is 0 Å². The molecule has 0 aliphatic heterocycles.